The van der Waals surface area contributed by atoms with Crippen molar-refractivity contribution in [1.82, 2.24) is 0 Å². The molecule has 0 radical (unpaired) electrons. The van der Waals surface area contributed by atoms with E-state index < -0.39 is 0 Å². The van der Waals surface area contributed by atoms with Crippen molar-refractivity contribution in [2.75, 3.05) is 4.90 Å². The number of anilines is 3. The largest absolute Gasteiger partial charge is 0.456 e. The van der Waals surface area contributed by atoms with Crippen molar-refractivity contribution in [3.8, 4) is 22.3 Å². The van der Waals surface area contributed by atoms with Gasteiger partial charge in [-0.1, -0.05) is 130 Å². The Kier molecular flexibility index (Phi) is 7.35. The molecule has 0 amide bonds. The topological polar surface area (TPSA) is 29.5 Å². The quantitative estimate of drug-likeness (QED) is 0.175. The molecule has 3 nitrogen and oxygen atoms in total. The van der Waals surface area contributed by atoms with Crippen LogP contribution < -0.4 is 4.90 Å². The van der Waals surface area contributed by atoms with Gasteiger partial charge in [-0.2, -0.15) is 0 Å². The molecule has 0 saturated heterocycles. The molecule has 0 N–H and O–H groups in total. The molecule has 0 spiro atoms. The molecular weight excluding hydrogens is 707 g/mol. The number of benzene rings is 8. The standard InChI is InChI=1S/C55H43NO2/c1-55(2)48-21-10-8-17-41(48)42-27-24-38(32-49(42)55)56(39-25-28-45-46-20-12-19-40(34-13-4-3-5-14-34)54(46)58-53(45)33-39)50-30-36-16-7-6-15-35(36)29-47(50)37-23-26-44-43-18-9-11-22-51(43)57-52(44)31-37/h6-12,15-34H,3-5,13-14H2,1-2H3. The molecule has 2 aliphatic carbocycles. The van der Waals surface area contributed by atoms with Gasteiger partial charge < -0.3 is 13.7 Å². The molecule has 1 fully saturated rings. The van der Waals surface area contributed by atoms with Gasteiger partial charge in [0, 0.05) is 50.0 Å². The molecule has 0 bridgehead atoms. The number of hydrogen-bond donors (Lipinski definition) is 0. The molecule has 8 aromatic carbocycles. The first kappa shape index (κ1) is 33.5. The van der Waals surface area contributed by atoms with Gasteiger partial charge in [0.1, 0.15) is 22.3 Å². The van der Waals surface area contributed by atoms with E-state index >= 15 is 0 Å². The molecule has 1 saturated carbocycles. The van der Waals surface area contributed by atoms with E-state index in [1.54, 1.807) is 0 Å². The molecule has 0 unspecified atom stereocenters. The number of hydrogen-bond acceptors (Lipinski definition) is 3. The Morgan fingerprint density at radius 3 is 2.05 bits per heavy atom. The molecular formula is C55H43NO2. The van der Waals surface area contributed by atoms with Crippen molar-refractivity contribution in [2.45, 2.75) is 57.3 Å². The van der Waals surface area contributed by atoms with Crippen LogP contribution in [0.15, 0.2) is 167 Å². The molecule has 10 aromatic rings. The van der Waals surface area contributed by atoms with E-state index in [1.807, 2.05) is 6.07 Å². The van der Waals surface area contributed by atoms with Gasteiger partial charge >= 0.3 is 0 Å². The molecule has 12 rings (SSSR count). The van der Waals surface area contributed by atoms with Crippen LogP contribution in [0.2, 0.25) is 0 Å². The Hall–Kier alpha value is -6.58. The van der Waals surface area contributed by atoms with Gasteiger partial charge in [0.15, 0.2) is 0 Å². The number of rotatable bonds is 5. The zero-order valence-electron chi connectivity index (χ0n) is 32.9. The summed E-state index contributed by atoms with van der Waals surface area (Å²) in [6.45, 7) is 4.72. The maximum atomic E-state index is 6.97. The van der Waals surface area contributed by atoms with Crippen LogP contribution in [0.4, 0.5) is 17.1 Å². The van der Waals surface area contributed by atoms with Crippen molar-refractivity contribution >= 4 is 71.7 Å². The minimum absolute atomic E-state index is 0.148. The zero-order valence-corrected chi connectivity index (χ0v) is 32.9. The van der Waals surface area contributed by atoms with Crippen LogP contribution in [0.25, 0.3) is 76.9 Å². The lowest BCUT2D eigenvalue weighted by Crippen LogP contribution is -2.17. The number of fused-ring (bicyclic) bond motifs is 10. The third-order valence-corrected chi connectivity index (χ3v) is 13.4. The first-order valence-electron chi connectivity index (χ1n) is 20.9. The Bertz CT molecular complexity index is 3260. The van der Waals surface area contributed by atoms with Gasteiger partial charge in [0.25, 0.3) is 0 Å². The fourth-order valence-corrected chi connectivity index (χ4v) is 10.5. The lowest BCUT2D eigenvalue weighted by atomic mass is 9.82. The molecule has 0 atom stereocenters. The summed E-state index contributed by atoms with van der Waals surface area (Å²) < 4.78 is 13.5. The summed E-state index contributed by atoms with van der Waals surface area (Å²) in [4.78, 5) is 2.46. The molecule has 2 aliphatic rings. The number of furan rings is 2. The van der Waals surface area contributed by atoms with Crippen molar-refractivity contribution in [3.63, 3.8) is 0 Å². The lowest BCUT2D eigenvalue weighted by Gasteiger charge is -2.30. The van der Waals surface area contributed by atoms with Crippen LogP contribution in [-0.4, -0.2) is 0 Å². The summed E-state index contributed by atoms with van der Waals surface area (Å²) in [7, 11) is 0. The Labute approximate surface area is 338 Å². The minimum Gasteiger partial charge on any atom is -0.456 e. The van der Waals surface area contributed by atoms with E-state index in [4.69, 9.17) is 8.83 Å². The minimum atomic E-state index is -0.148. The average Bonchev–Trinajstić information content (AvgIpc) is 3.91. The van der Waals surface area contributed by atoms with E-state index in [1.165, 1.54) is 76.1 Å². The molecule has 2 aromatic heterocycles. The van der Waals surface area contributed by atoms with Crippen LogP contribution in [0.3, 0.4) is 0 Å². The maximum Gasteiger partial charge on any atom is 0.138 e. The highest BCUT2D eigenvalue weighted by Gasteiger charge is 2.36. The number of nitrogens with zero attached hydrogens (tertiary/aromatic N) is 1. The Morgan fingerprint density at radius 2 is 1.16 bits per heavy atom. The highest BCUT2D eigenvalue weighted by molar-refractivity contribution is 6.09. The maximum absolute atomic E-state index is 6.97. The van der Waals surface area contributed by atoms with Crippen molar-refractivity contribution < 1.29 is 8.83 Å². The van der Waals surface area contributed by atoms with E-state index in [0.717, 1.165) is 66.7 Å². The smallest absolute Gasteiger partial charge is 0.138 e. The average molecular weight is 750 g/mol. The second-order valence-corrected chi connectivity index (χ2v) is 17.1. The highest BCUT2D eigenvalue weighted by atomic mass is 16.3. The normalized spacial score (nSPS) is 15.1. The predicted molar refractivity (Wildman–Crippen MR) is 242 cm³/mol. The van der Waals surface area contributed by atoms with Gasteiger partial charge in [-0.25, -0.2) is 0 Å². The van der Waals surface area contributed by atoms with E-state index in [-0.39, 0.29) is 5.41 Å². The summed E-state index contributed by atoms with van der Waals surface area (Å²) >= 11 is 0. The van der Waals surface area contributed by atoms with Crippen molar-refractivity contribution in [2.24, 2.45) is 0 Å². The van der Waals surface area contributed by atoms with Crippen LogP contribution in [0.5, 0.6) is 0 Å². The Morgan fingerprint density at radius 1 is 0.483 bits per heavy atom. The van der Waals surface area contributed by atoms with Gasteiger partial charge in [-0.05, 0) is 118 Å². The molecule has 280 valence electrons. The first-order valence-corrected chi connectivity index (χ1v) is 20.9. The molecule has 0 aliphatic heterocycles. The summed E-state index contributed by atoms with van der Waals surface area (Å²) in [5.74, 6) is 0.553. The highest BCUT2D eigenvalue weighted by Crippen LogP contribution is 2.52. The van der Waals surface area contributed by atoms with Crippen LogP contribution >= 0.6 is 0 Å². The van der Waals surface area contributed by atoms with Crippen LogP contribution in [-0.2, 0) is 5.41 Å². The van der Waals surface area contributed by atoms with Gasteiger partial charge in [-0.3, -0.25) is 0 Å². The van der Waals surface area contributed by atoms with Gasteiger partial charge in [0.05, 0.1) is 5.69 Å². The fraction of sp³-hybridized carbons (Fsp3) is 0.164. The third-order valence-electron chi connectivity index (χ3n) is 13.4. The van der Waals surface area contributed by atoms with E-state index in [0.29, 0.717) is 5.92 Å². The molecule has 58 heavy (non-hydrogen) atoms. The van der Waals surface area contributed by atoms with Gasteiger partial charge in [-0.15, -0.1) is 0 Å². The second kappa shape index (κ2) is 12.7. The fourth-order valence-electron chi connectivity index (χ4n) is 10.5. The van der Waals surface area contributed by atoms with E-state index in [2.05, 4.69) is 170 Å². The monoisotopic (exact) mass is 749 g/mol. The first-order chi connectivity index (χ1) is 28.5. The zero-order chi connectivity index (χ0) is 38.5. The summed E-state index contributed by atoms with van der Waals surface area (Å²) in [5, 5.41) is 7.01. The summed E-state index contributed by atoms with van der Waals surface area (Å²) in [6, 6.07) is 58.0. The second-order valence-electron chi connectivity index (χ2n) is 17.1. The van der Waals surface area contributed by atoms with Crippen molar-refractivity contribution in [3.05, 3.63) is 174 Å². The lowest BCUT2D eigenvalue weighted by molar-refractivity contribution is 0.442. The van der Waals surface area contributed by atoms with Crippen LogP contribution in [0, 0.1) is 0 Å². The van der Waals surface area contributed by atoms with E-state index in [9.17, 15) is 0 Å². The summed E-state index contributed by atoms with van der Waals surface area (Å²) in [6.07, 6.45) is 6.39. The number of para-hydroxylation sites is 2. The molecule has 2 heterocycles. The van der Waals surface area contributed by atoms with Crippen LogP contribution in [0.1, 0.15) is 68.6 Å². The Balaban J connectivity index is 1.11. The van der Waals surface area contributed by atoms with Gasteiger partial charge in [0.2, 0.25) is 0 Å². The summed E-state index contributed by atoms with van der Waals surface area (Å²) in [5.41, 5.74) is 15.8. The third kappa shape index (κ3) is 5.05. The predicted octanol–water partition coefficient (Wildman–Crippen LogP) is 16.1. The SMILES string of the molecule is CC1(C)c2ccccc2-c2ccc(N(c3ccc4c(c3)oc3c(C5CCCCC5)cccc34)c3cc4ccccc4cc3-c3ccc4c(c3)oc3ccccc34)cc21. The van der Waals surface area contributed by atoms with Crippen molar-refractivity contribution in [1.29, 1.82) is 0 Å². The molecule has 3 heteroatoms.